The number of hydrogen-bond donors (Lipinski definition) is 1. The summed E-state index contributed by atoms with van der Waals surface area (Å²) >= 11 is 0. The molecule has 0 bridgehead atoms. The molecule has 80 valence electrons. The summed E-state index contributed by atoms with van der Waals surface area (Å²) in [6.07, 6.45) is 7.94. The minimum atomic E-state index is -1.02. The Morgan fingerprint density at radius 3 is 2.80 bits per heavy atom. The Balaban J connectivity index is 2.86. The van der Waals surface area contributed by atoms with Gasteiger partial charge in [-0.1, -0.05) is 31.4 Å². The summed E-state index contributed by atoms with van der Waals surface area (Å²) < 4.78 is 1.57. The highest BCUT2D eigenvalue weighted by Crippen LogP contribution is 2.19. The molecule has 15 heavy (non-hydrogen) atoms. The lowest BCUT2D eigenvalue weighted by atomic mass is 9.95. The molecule has 0 fully saturated rings. The summed E-state index contributed by atoms with van der Waals surface area (Å²) in [6.45, 7) is 9.27. The predicted octanol–water partition coefficient (Wildman–Crippen LogP) is 1.33. The summed E-state index contributed by atoms with van der Waals surface area (Å²) in [5.41, 5.74) is -0.322. The first-order chi connectivity index (χ1) is 7.10. The highest BCUT2D eigenvalue weighted by Gasteiger charge is 2.24. The number of nitrogens with zero attached hydrogens (tertiary/aromatic N) is 3. The van der Waals surface area contributed by atoms with Crippen LogP contribution in [0.15, 0.2) is 49.6 Å². The Morgan fingerprint density at radius 2 is 2.33 bits per heavy atom. The van der Waals surface area contributed by atoms with Crippen LogP contribution in [0.25, 0.3) is 0 Å². The van der Waals surface area contributed by atoms with Crippen LogP contribution in [0.4, 0.5) is 0 Å². The van der Waals surface area contributed by atoms with Crippen LogP contribution < -0.4 is 0 Å². The zero-order valence-electron chi connectivity index (χ0n) is 8.80. The minimum Gasteiger partial charge on any atom is -0.384 e. The Labute approximate surface area is 89.3 Å². The molecule has 4 heteroatoms. The van der Waals surface area contributed by atoms with E-state index in [1.807, 2.05) is 0 Å². The number of allylic oxidation sites excluding steroid dienone is 2. The molecule has 0 aromatic carbocycles. The van der Waals surface area contributed by atoms with E-state index in [1.54, 1.807) is 36.2 Å². The lowest BCUT2D eigenvalue weighted by Gasteiger charge is -2.24. The minimum absolute atomic E-state index is 0.332. The molecule has 0 amide bonds. The molecule has 1 atom stereocenters. The fraction of sp³-hybridized carbons (Fsp3) is 0.273. The predicted molar refractivity (Wildman–Crippen MR) is 59.1 cm³/mol. The fourth-order valence-corrected chi connectivity index (χ4v) is 1.32. The first-order valence-corrected chi connectivity index (χ1v) is 4.60. The number of aromatic nitrogens is 3. The monoisotopic (exact) mass is 205 g/mol. The second-order valence-corrected chi connectivity index (χ2v) is 3.43. The van der Waals surface area contributed by atoms with Gasteiger partial charge in [0, 0.05) is 0 Å². The lowest BCUT2D eigenvalue weighted by molar-refractivity contribution is 0.0788. The van der Waals surface area contributed by atoms with Gasteiger partial charge in [0.15, 0.2) is 0 Å². The lowest BCUT2D eigenvalue weighted by Crippen LogP contribution is -2.32. The van der Waals surface area contributed by atoms with Gasteiger partial charge in [-0.2, -0.15) is 5.10 Å². The summed E-state index contributed by atoms with van der Waals surface area (Å²) in [6, 6.07) is 0. The smallest absolute Gasteiger partial charge is 0.137 e. The molecule has 4 nitrogen and oxygen atoms in total. The van der Waals surface area contributed by atoms with E-state index in [1.165, 1.54) is 6.33 Å². The summed E-state index contributed by atoms with van der Waals surface area (Å²) in [5.74, 6) is 0. The second kappa shape index (κ2) is 4.70. The second-order valence-electron chi connectivity index (χ2n) is 3.43. The van der Waals surface area contributed by atoms with Gasteiger partial charge in [0.25, 0.3) is 0 Å². The first kappa shape index (κ1) is 11.4. The normalized spacial score (nSPS) is 15.7. The third-order valence-electron chi connectivity index (χ3n) is 2.08. The average Bonchev–Trinajstić information content (AvgIpc) is 2.65. The van der Waals surface area contributed by atoms with Crippen LogP contribution in [0.1, 0.15) is 6.92 Å². The molecule has 0 spiro atoms. The maximum absolute atomic E-state index is 10.2. The van der Waals surface area contributed by atoms with E-state index in [2.05, 4.69) is 23.2 Å². The van der Waals surface area contributed by atoms with Crippen LogP contribution in [0, 0.1) is 0 Å². The van der Waals surface area contributed by atoms with Gasteiger partial charge in [0.2, 0.25) is 0 Å². The Kier molecular flexibility index (Phi) is 3.57. The molecule has 1 heterocycles. The SMILES string of the molecule is C=CC=C(C=C)C(C)(O)Cn1cncn1. The zero-order valence-corrected chi connectivity index (χ0v) is 8.80. The van der Waals surface area contributed by atoms with Crippen molar-refractivity contribution in [3.63, 3.8) is 0 Å². The quantitative estimate of drug-likeness (QED) is 0.738. The largest absolute Gasteiger partial charge is 0.384 e. The van der Waals surface area contributed by atoms with Crippen LogP contribution in [0.5, 0.6) is 0 Å². The van der Waals surface area contributed by atoms with Crippen molar-refractivity contribution in [2.24, 2.45) is 0 Å². The molecule has 1 rings (SSSR count). The van der Waals surface area contributed by atoms with Crippen LogP contribution >= 0.6 is 0 Å². The van der Waals surface area contributed by atoms with Gasteiger partial charge < -0.3 is 5.11 Å². The molecule has 1 aromatic rings. The van der Waals surface area contributed by atoms with E-state index < -0.39 is 5.60 Å². The molecular weight excluding hydrogens is 190 g/mol. The van der Waals surface area contributed by atoms with Crippen molar-refractivity contribution in [1.82, 2.24) is 14.8 Å². The number of hydrogen-bond acceptors (Lipinski definition) is 3. The topological polar surface area (TPSA) is 50.9 Å². The molecule has 0 aliphatic heterocycles. The van der Waals surface area contributed by atoms with Crippen LogP contribution in [0.3, 0.4) is 0 Å². The van der Waals surface area contributed by atoms with Gasteiger partial charge in [-0.3, -0.25) is 0 Å². The van der Waals surface area contributed by atoms with E-state index in [0.717, 1.165) is 0 Å². The van der Waals surface area contributed by atoms with Crippen molar-refractivity contribution in [3.8, 4) is 0 Å². The van der Waals surface area contributed by atoms with Crippen molar-refractivity contribution in [2.45, 2.75) is 19.1 Å². The van der Waals surface area contributed by atoms with E-state index in [0.29, 0.717) is 12.1 Å². The highest BCUT2D eigenvalue weighted by molar-refractivity contribution is 5.29. The van der Waals surface area contributed by atoms with Gasteiger partial charge >= 0.3 is 0 Å². The van der Waals surface area contributed by atoms with E-state index in [4.69, 9.17) is 0 Å². The molecular formula is C11H15N3O. The number of rotatable bonds is 5. The van der Waals surface area contributed by atoms with E-state index >= 15 is 0 Å². The maximum Gasteiger partial charge on any atom is 0.137 e. The van der Waals surface area contributed by atoms with Gasteiger partial charge in [0.05, 0.1) is 6.54 Å². The summed E-state index contributed by atoms with van der Waals surface area (Å²) in [4.78, 5) is 3.81. The van der Waals surface area contributed by atoms with Gasteiger partial charge in [0.1, 0.15) is 18.3 Å². The molecule has 1 unspecified atom stereocenters. The van der Waals surface area contributed by atoms with Gasteiger partial charge in [-0.05, 0) is 12.5 Å². The third kappa shape index (κ3) is 2.89. The molecule has 0 radical (unpaired) electrons. The summed E-state index contributed by atoms with van der Waals surface area (Å²) in [7, 11) is 0. The Hall–Kier alpha value is -1.68. The van der Waals surface area contributed by atoms with Crippen molar-refractivity contribution < 1.29 is 5.11 Å². The summed E-state index contributed by atoms with van der Waals surface area (Å²) in [5, 5.41) is 14.1. The molecule has 1 aromatic heterocycles. The third-order valence-corrected chi connectivity index (χ3v) is 2.08. The standard InChI is InChI=1S/C11H15N3O/c1-4-6-10(5-2)11(3,15)7-14-9-12-8-13-14/h4-6,8-9,15H,1-2,7H2,3H3. The van der Waals surface area contributed by atoms with Crippen LogP contribution in [-0.4, -0.2) is 25.5 Å². The van der Waals surface area contributed by atoms with Crippen molar-refractivity contribution in [2.75, 3.05) is 0 Å². The first-order valence-electron chi connectivity index (χ1n) is 4.60. The molecule has 0 aliphatic carbocycles. The van der Waals surface area contributed by atoms with Crippen LogP contribution in [-0.2, 0) is 6.54 Å². The van der Waals surface area contributed by atoms with Gasteiger partial charge in [-0.15, -0.1) is 0 Å². The molecule has 1 N–H and O–H groups in total. The molecule has 0 aliphatic rings. The van der Waals surface area contributed by atoms with Crippen molar-refractivity contribution in [3.05, 3.63) is 49.6 Å². The number of aliphatic hydroxyl groups is 1. The Bertz CT molecular complexity index is 363. The molecule has 0 saturated carbocycles. The zero-order chi connectivity index (χ0) is 11.3. The Morgan fingerprint density at radius 1 is 1.60 bits per heavy atom. The average molecular weight is 205 g/mol. The van der Waals surface area contributed by atoms with Crippen molar-refractivity contribution in [1.29, 1.82) is 0 Å². The fourth-order valence-electron chi connectivity index (χ4n) is 1.32. The van der Waals surface area contributed by atoms with Gasteiger partial charge in [-0.25, -0.2) is 9.67 Å². The molecule has 0 saturated heterocycles. The van der Waals surface area contributed by atoms with E-state index in [-0.39, 0.29) is 0 Å². The van der Waals surface area contributed by atoms with Crippen LogP contribution in [0.2, 0.25) is 0 Å². The van der Waals surface area contributed by atoms with Crippen molar-refractivity contribution >= 4 is 0 Å². The van der Waals surface area contributed by atoms with E-state index in [9.17, 15) is 5.11 Å². The maximum atomic E-state index is 10.2. The highest BCUT2D eigenvalue weighted by atomic mass is 16.3.